The number of carbonyl (C=O) groups excluding carboxylic acids is 2. The number of carbonyl (C=O) groups is 2. The van der Waals surface area contributed by atoms with E-state index in [0.717, 1.165) is 55.6 Å². The molecule has 0 unspecified atom stereocenters. The molecule has 1 aromatic heterocycles. The van der Waals surface area contributed by atoms with E-state index >= 15 is 0 Å². The monoisotopic (exact) mass is 371 g/mol. The van der Waals surface area contributed by atoms with Gasteiger partial charge in [0, 0.05) is 24.0 Å². The Hall–Kier alpha value is -2.55. The standard InChI is InChI=1S/C21H29N3O3/c1-4-10-24-15(2)11-17(16(24)3)12-18(13-22)21(26)27-14-20(25)23-19-8-6-5-7-9-19/h11-12,19H,4-10,14H2,1-3H3,(H,23,25). The van der Waals surface area contributed by atoms with Crippen molar-refractivity contribution in [2.75, 3.05) is 6.61 Å². The van der Waals surface area contributed by atoms with E-state index in [2.05, 4.69) is 16.8 Å². The van der Waals surface area contributed by atoms with Gasteiger partial charge in [-0.05, 0) is 50.8 Å². The van der Waals surface area contributed by atoms with Gasteiger partial charge in [-0.15, -0.1) is 0 Å². The van der Waals surface area contributed by atoms with Gasteiger partial charge in [0.1, 0.15) is 11.6 Å². The van der Waals surface area contributed by atoms with Crippen LogP contribution < -0.4 is 5.32 Å². The maximum absolute atomic E-state index is 12.2. The number of nitrogens with one attached hydrogen (secondary N) is 1. The maximum Gasteiger partial charge on any atom is 0.349 e. The summed E-state index contributed by atoms with van der Waals surface area (Å²) in [5.74, 6) is -1.08. The third kappa shape index (κ3) is 5.72. The van der Waals surface area contributed by atoms with Crippen LogP contribution in [0, 0.1) is 25.2 Å². The van der Waals surface area contributed by atoms with Crippen LogP contribution in [0.15, 0.2) is 11.6 Å². The van der Waals surface area contributed by atoms with E-state index in [0.29, 0.717) is 0 Å². The van der Waals surface area contributed by atoms with E-state index in [1.165, 1.54) is 12.5 Å². The van der Waals surface area contributed by atoms with Gasteiger partial charge in [0.15, 0.2) is 6.61 Å². The first-order valence-electron chi connectivity index (χ1n) is 9.71. The molecule has 1 aliphatic carbocycles. The van der Waals surface area contributed by atoms with Gasteiger partial charge in [0.25, 0.3) is 5.91 Å². The smallest absolute Gasteiger partial charge is 0.349 e. The van der Waals surface area contributed by atoms with Crippen LogP contribution in [-0.4, -0.2) is 29.1 Å². The van der Waals surface area contributed by atoms with E-state index in [1.807, 2.05) is 26.0 Å². The number of hydrogen-bond donors (Lipinski definition) is 1. The Morgan fingerprint density at radius 3 is 2.67 bits per heavy atom. The van der Waals surface area contributed by atoms with E-state index in [-0.39, 0.29) is 24.1 Å². The molecule has 1 N–H and O–H groups in total. The number of amides is 1. The van der Waals surface area contributed by atoms with Crippen LogP contribution in [0.2, 0.25) is 0 Å². The number of aryl methyl sites for hydroxylation is 1. The molecular weight excluding hydrogens is 342 g/mol. The van der Waals surface area contributed by atoms with Gasteiger partial charge in [0.2, 0.25) is 0 Å². The van der Waals surface area contributed by atoms with Crippen LogP contribution in [-0.2, 0) is 20.9 Å². The quantitative estimate of drug-likeness (QED) is 0.452. The van der Waals surface area contributed by atoms with Crippen LogP contribution in [0.4, 0.5) is 0 Å². The van der Waals surface area contributed by atoms with Crippen molar-refractivity contribution in [1.82, 2.24) is 9.88 Å². The Labute approximate surface area is 161 Å². The van der Waals surface area contributed by atoms with Gasteiger partial charge < -0.3 is 14.6 Å². The molecule has 1 aliphatic rings. The SMILES string of the molecule is CCCn1c(C)cc(C=C(C#N)C(=O)OCC(=O)NC2CCCCC2)c1C. The van der Waals surface area contributed by atoms with Crippen molar-refractivity contribution in [3.63, 3.8) is 0 Å². The number of ether oxygens (including phenoxy) is 1. The Kier molecular flexibility index (Phi) is 7.66. The van der Waals surface area contributed by atoms with Gasteiger partial charge in [0.05, 0.1) is 0 Å². The molecule has 0 atom stereocenters. The zero-order chi connectivity index (χ0) is 19.8. The minimum absolute atomic E-state index is 0.0998. The van der Waals surface area contributed by atoms with Gasteiger partial charge in [-0.3, -0.25) is 4.79 Å². The summed E-state index contributed by atoms with van der Waals surface area (Å²) in [5.41, 5.74) is 2.81. The van der Waals surface area contributed by atoms with Crippen molar-refractivity contribution in [3.05, 3.63) is 28.6 Å². The molecule has 2 rings (SSSR count). The van der Waals surface area contributed by atoms with Crippen molar-refractivity contribution >= 4 is 18.0 Å². The topological polar surface area (TPSA) is 84.1 Å². The Morgan fingerprint density at radius 2 is 2.04 bits per heavy atom. The minimum Gasteiger partial charge on any atom is -0.451 e. The van der Waals surface area contributed by atoms with Crippen molar-refractivity contribution in [3.8, 4) is 6.07 Å². The summed E-state index contributed by atoms with van der Waals surface area (Å²) in [6.07, 6.45) is 7.91. The number of rotatable bonds is 7. The lowest BCUT2D eigenvalue weighted by molar-refractivity contribution is -0.144. The summed E-state index contributed by atoms with van der Waals surface area (Å²) in [5, 5.41) is 12.2. The first-order valence-corrected chi connectivity index (χ1v) is 9.71. The number of aromatic nitrogens is 1. The average molecular weight is 371 g/mol. The third-order valence-corrected chi connectivity index (χ3v) is 5.00. The molecule has 1 amide bonds. The van der Waals surface area contributed by atoms with E-state index in [1.54, 1.807) is 0 Å². The highest BCUT2D eigenvalue weighted by Crippen LogP contribution is 2.19. The molecule has 6 heteroatoms. The molecule has 0 radical (unpaired) electrons. The molecule has 0 saturated heterocycles. The van der Waals surface area contributed by atoms with E-state index in [4.69, 9.17) is 4.74 Å². The van der Waals surface area contributed by atoms with Gasteiger partial charge in [-0.2, -0.15) is 5.26 Å². The summed E-state index contributed by atoms with van der Waals surface area (Å²) >= 11 is 0. The average Bonchev–Trinajstić information content (AvgIpc) is 2.92. The van der Waals surface area contributed by atoms with Crippen molar-refractivity contribution in [2.24, 2.45) is 0 Å². The van der Waals surface area contributed by atoms with Crippen LogP contribution >= 0.6 is 0 Å². The third-order valence-electron chi connectivity index (χ3n) is 5.00. The normalized spacial score (nSPS) is 15.3. The Balaban J connectivity index is 1.97. The summed E-state index contributed by atoms with van der Waals surface area (Å²) in [7, 11) is 0. The molecule has 0 aliphatic heterocycles. The van der Waals surface area contributed by atoms with Crippen LogP contribution in [0.1, 0.15) is 62.4 Å². The van der Waals surface area contributed by atoms with Crippen molar-refractivity contribution in [1.29, 1.82) is 5.26 Å². The Morgan fingerprint density at radius 1 is 1.33 bits per heavy atom. The molecule has 1 aromatic rings. The van der Waals surface area contributed by atoms with Crippen molar-refractivity contribution < 1.29 is 14.3 Å². The van der Waals surface area contributed by atoms with E-state index < -0.39 is 5.97 Å². The summed E-state index contributed by atoms with van der Waals surface area (Å²) in [4.78, 5) is 24.2. The molecule has 146 valence electrons. The second-order valence-electron chi connectivity index (χ2n) is 7.13. The van der Waals surface area contributed by atoms with Crippen LogP contribution in [0.5, 0.6) is 0 Å². The fraction of sp³-hybridized carbons (Fsp3) is 0.571. The molecule has 1 saturated carbocycles. The van der Waals surface area contributed by atoms with Crippen LogP contribution in [0.3, 0.4) is 0 Å². The fourth-order valence-corrected chi connectivity index (χ4v) is 3.56. The minimum atomic E-state index is -0.767. The molecule has 0 aromatic carbocycles. The lowest BCUT2D eigenvalue weighted by Gasteiger charge is -2.22. The molecular formula is C21H29N3O3. The summed E-state index contributed by atoms with van der Waals surface area (Å²) in [6, 6.07) is 4.01. The lowest BCUT2D eigenvalue weighted by Crippen LogP contribution is -2.38. The molecule has 6 nitrogen and oxygen atoms in total. The first-order chi connectivity index (χ1) is 13.0. The highest BCUT2D eigenvalue weighted by molar-refractivity contribution is 5.99. The highest BCUT2D eigenvalue weighted by Gasteiger charge is 2.18. The predicted molar refractivity (Wildman–Crippen MR) is 104 cm³/mol. The predicted octanol–water partition coefficient (Wildman–Crippen LogP) is 3.41. The molecule has 1 fully saturated rings. The van der Waals surface area contributed by atoms with Gasteiger partial charge >= 0.3 is 5.97 Å². The summed E-state index contributed by atoms with van der Waals surface area (Å²) < 4.78 is 7.20. The largest absolute Gasteiger partial charge is 0.451 e. The molecule has 0 spiro atoms. The molecule has 0 bridgehead atoms. The van der Waals surface area contributed by atoms with Crippen LogP contribution in [0.25, 0.3) is 6.08 Å². The Bertz CT molecular complexity index is 749. The van der Waals surface area contributed by atoms with Crippen molar-refractivity contribution in [2.45, 2.75) is 71.9 Å². The zero-order valence-corrected chi connectivity index (χ0v) is 16.5. The van der Waals surface area contributed by atoms with Gasteiger partial charge in [-0.1, -0.05) is 26.2 Å². The first kappa shape index (κ1) is 20.8. The molecule has 1 heterocycles. The number of esters is 1. The number of nitrogens with zero attached hydrogens (tertiary/aromatic N) is 2. The second-order valence-corrected chi connectivity index (χ2v) is 7.13. The maximum atomic E-state index is 12.2. The number of hydrogen-bond acceptors (Lipinski definition) is 4. The fourth-order valence-electron chi connectivity index (χ4n) is 3.56. The van der Waals surface area contributed by atoms with E-state index in [9.17, 15) is 14.9 Å². The highest BCUT2D eigenvalue weighted by atomic mass is 16.5. The molecule has 27 heavy (non-hydrogen) atoms. The number of nitriles is 1. The van der Waals surface area contributed by atoms with Gasteiger partial charge in [-0.25, -0.2) is 4.79 Å². The second kappa shape index (κ2) is 9.96. The summed E-state index contributed by atoms with van der Waals surface area (Å²) in [6.45, 7) is 6.60. The lowest BCUT2D eigenvalue weighted by atomic mass is 9.95. The zero-order valence-electron chi connectivity index (χ0n) is 16.5.